The number of carbonyl (C=O) groups is 1. The first-order valence-corrected chi connectivity index (χ1v) is 6.40. The Morgan fingerprint density at radius 2 is 1.79 bits per heavy atom. The van der Waals surface area contributed by atoms with Crippen LogP contribution < -0.4 is 5.32 Å². The Hall–Kier alpha value is -1.74. The maximum absolute atomic E-state index is 11.9. The highest BCUT2D eigenvalue weighted by Crippen LogP contribution is 2.24. The first-order chi connectivity index (χ1) is 8.88. The second kappa shape index (κ2) is 5.10. The van der Waals surface area contributed by atoms with Crippen molar-refractivity contribution in [3.05, 3.63) is 52.9 Å². The van der Waals surface area contributed by atoms with Crippen molar-refractivity contribution < 1.29 is 9.21 Å². The molecule has 0 aliphatic carbocycles. The zero-order valence-electron chi connectivity index (χ0n) is 11.2. The van der Waals surface area contributed by atoms with Gasteiger partial charge in [0.25, 0.3) is 5.91 Å². The molecule has 0 atom stereocenters. The van der Waals surface area contributed by atoms with Gasteiger partial charge in [-0.2, -0.15) is 0 Å². The number of halogens is 1. The standard InChI is InChI=1S/C15H16ClNO2/c1-15(2,3)10-4-6-11(7-5-10)17-14(18)12-8-9-19-13(12)16/h4-9H,1-3H3,(H,17,18). The summed E-state index contributed by atoms with van der Waals surface area (Å²) in [4.78, 5) is 11.9. The van der Waals surface area contributed by atoms with Gasteiger partial charge in [-0.3, -0.25) is 4.79 Å². The van der Waals surface area contributed by atoms with Gasteiger partial charge in [0, 0.05) is 5.69 Å². The van der Waals surface area contributed by atoms with Gasteiger partial charge >= 0.3 is 0 Å². The Balaban J connectivity index is 2.12. The molecule has 0 saturated heterocycles. The van der Waals surface area contributed by atoms with Crippen LogP contribution in [0.3, 0.4) is 0 Å². The maximum atomic E-state index is 11.9. The number of anilines is 1. The van der Waals surface area contributed by atoms with E-state index >= 15 is 0 Å². The Bertz CT molecular complexity index is 579. The van der Waals surface area contributed by atoms with Crippen LogP contribution in [0.5, 0.6) is 0 Å². The number of rotatable bonds is 2. The largest absolute Gasteiger partial charge is 0.452 e. The third-order valence-corrected chi connectivity index (χ3v) is 3.16. The topological polar surface area (TPSA) is 42.2 Å². The van der Waals surface area contributed by atoms with E-state index in [-0.39, 0.29) is 16.5 Å². The van der Waals surface area contributed by atoms with Crippen LogP contribution in [0.15, 0.2) is 41.0 Å². The van der Waals surface area contributed by atoms with E-state index in [2.05, 4.69) is 26.1 Å². The van der Waals surface area contributed by atoms with Crippen LogP contribution in [0.4, 0.5) is 5.69 Å². The van der Waals surface area contributed by atoms with Gasteiger partial charge in [0.15, 0.2) is 0 Å². The van der Waals surface area contributed by atoms with Crippen molar-refractivity contribution in [3.8, 4) is 0 Å². The van der Waals surface area contributed by atoms with Crippen LogP contribution in [0.25, 0.3) is 0 Å². The van der Waals surface area contributed by atoms with E-state index < -0.39 is 0 Å². The van der Waals surface area contributed by atoms with E-state index in [1.807, 2.05) is 24.3 Å². The third-order valence-electron chi connectivity index (χ3n) is 2.87. The van der Waals surface area contributed by atoms with Crippen LogP contribution in [-0.4, -0.2) is 5.91 Å². The van der Waals surface area contributed by atoms with E-state index in [9.17, 15) is 4.79 Å². The highest BCUT2D eigenvalue weighted by atomic mass is 35.5. The maximum Gasteiger partial charge on any atom is 0.260 e. The molecular formula is C15H16ClNO2. The average Bonchev–Trinajstić information content (AvgIpc) is 2.75. The molecule has 1 amide bonds. The van der Waals surface area contributed by atoms with Crippen molar-refractivity contribution in [3.63, 3.8) is 0 Å². The summed E-state index contributed by atoms with van der Waals surface area (Å²) in [7, 11) is 0. The molecule has 0 unspecified atom stereocenters. The van der Waals surface area contributed by atoms with Crippen molar-refractivity contribution in [1.29, 1.82) is 0 Å². The predicted molar refractivity (Wildman–Crippen MR) is 76.8 cm³/mol. The molecule has 0 saturated carbocycles. The fourth-order valence-corrected chi connectivity index (χ4v) is 1.91. The van der Waals surface area contributed by atoms with Gasteiger partial charge in [0.2, 0.25) is 5.22 Å². The van der Waals surface area contributed by atoms with E-state index in [0.29, 0.717) is 5.56 Å². The molecule has 0 bridgehead atoms. The molecule has 19 heavy (non-hydrogen) atoms. The van der Waals surface area contributed by atoms with E-state index in [1.54, 1.807) is 6.07 Å². The lowest BCUT2D eigenvalue weighted by atomic mass is 9.87. The molecule has 100 valence electrons. The molecule has 1 aromatic heterocycles. The zero-order chi connectivity index (χ0) is 14.0. The Labute approximate surface area is 117 Å². The van der Waals surface area contributed by atoms with Crippen LogP contribution >= 0.6 is 11.6 Å². The summed E-state index contributed by atoms with van der Waals surface area (Å²) in [5.41, 5.74) is 2.37. The fraction of sp³-hybridized carbons (Fsp3) is 0.267. The summed E-state index contributed by atoms with van der Waals surface area (Å²) >= 11 is 5.76. The predicted octanol–water partition coefficient (Wildman–Crippen LogP) is 4.48. The lowest BCUT2D eigenvalue weighted by Crippen LogP contribution is -2.13. The molecule has 1 aromatic carbocycles. The molecular weight excluding hydrogens is 262 g/mol. The number of furan rings is 1. The smallest absolute Gasteiger partial charge is 0.260 e. The van der Waals surface area contributed by atoms with Gasteiger partial charge in [-0.25, -0.2) is 0 Å². The number of carbonyl (C=O) groups excluding carboxylic acids is 1. The van der Waals surface area contributed by atoms with Gasteiger partial charge in [-0.05, 0) is 40.8 Å². The quantitative estimate of drug-likeness (QED) is 0.879. The monoisotopic (exact) mass is 277 g/mol. The normalized spacial score (nSPS) is 11.4. The summed E-state index contributed by atoms with van der Waals surface area (Å²) in [5.74, 6) is -0.276. The summed E-state index contributed by atoms with van der Waals surface area (Å²) < 4.78 is 4.89. The number of hydrogen-bond acceptors (Lipinski definition) is 2. The van der Waals surface area contributed by atoms with E-state index in [0.717, 1.165) is 5.69 Å². The lowest BCUT2D eigenvalue weighted by Gasteiger charge is -2.19. The van der Waals surface area contributed by atoms with Crippen molar-refractivity contribution in [2.75, 3.05) is 5.32 Å². The van der Waals surface area contributed by atoms with Crippen molar-refractivity contribution in [2.45, 2.75) is 26.2 Å². The van der Waals surface area contributed by atoms with Crippen LogP contribution in [0.1, 0.15) is 36.7 Å². The lowest BCUT2D eigenvalue weighted by molar-refractivity contribution is 0.102. The molecule has 2 rings (SSSR count). The van der Waals surface area contributed by atoms with Gasteiger partial charge in [-0.1, -0.05) is 32.9 Å². The second-order valence-corrected chi connectivity index (χ2v) is 5.73. The molecule has 2 aromatic rings. The number of nitrogens with one attached hydrogen (secondary N) is 1. The molecule has 1 N–H and O–H groups in total. The number of hydrogen-bond donors (Lipinski definition) is 1. The molecule has 0 fully saturated rings. The molecule has 4 heteroatoms. The Morgan fingerprint density at radius 3 is 2.26 bits per heavy atom. The second-order valence-electron chi connectivity index (χ2n) is 5.39. The summed E-state index contributed by atoms with van der Waals surface area (Å²) in [6.07, 6.45) is 1.39. The Kier molecular flexibility index (Phi) is 3.67. The van der Waals surface area contributed by atoms with Crippen molar-refractivity contribution >= 4 is 23.2 Å². The van der Waals surface area contributed by atoms with Gasteiger partial charge in [0.05, 0.1) is 11.8 Å². The van der Waals surface area contributed by atoms with E-state index in [4.69, 9.17) is 16.0 Å². The highest BCUT2D eigenvalue weighted by Gasteiger charge is 2.15. The first-order valence-electron chi connectivity index (χ1n) is 6.03. The van der Waals surface area contributed by atoms with Gasteiger partial charge < -0.3 is 9.73 Å². The molecule has 3 nitrogen and oxygen atoms in total. The fourth-order valence-electron chi connectivity index (χ4n) is 1.71. The minimum absolute atomic E-state index is 0.0937. The van der Waals surface area contributed by atoms with E-state index in [1.165, 1.54) is 11.8 Å². The number of amides is 1. The summed E-state index contributed by atoms with van der Waals surface area (Å²) in [6.45, 7) is 6.43. The minimum Gasteiger partial charge on any atom is -0.452 e. The van der Waals surface area contributed by atoms with Crippen molar-refractivity contribution in [1.82, 2.24) is 0 Å². The van der Waals surface area contributed by atoms with Crippen molar-refractivity contribution in [2.24, 2.45) is 0 Å². The highest BCUT2D eigenvalue weighted by molar-refractivity contribution is 6.32. The first kappa shape index (κ1) is 13.7. The van der Waals surface area contributed by atoms with Gasteiger partial charge in [-0.15, -0.1) is 0 Å². The van der Waals surface area contributed by atoms with Crippen LogP contribution in [0.2, 0.25) is 5.22 Å². The average molecular weight is 278 g/mol. The molecule has 0 spiro atoms. The zero-order valence-corrected chi connectivity index (χ0v) is 11.9. The minimum atomic E-state index is -0.276. The van der Waals surface area contributed by atoms with Crippen LogP contribution in [-0.2, 0) is 5.41 Å². The third kappa shape index (κ3) is 3.18. The number of benzene rings is 1. The molecule has 0 radical (unpaired) electrons. The summed E-state index contributed by atoms with van der Waals surface area (Å²) in [6, 6.07) is 9.32. The van der Waals surface area contributed by atoms with Gasteiger partial charge in [0.1, 0.15) is 0 Å². The van der Waals surface area contributed by atoms with Crippen LogP contribution in [0, 0.1) is 0 Å². The summed E-state index contributed by atoms with van der Waals surface area (Å²) in [5, 5.41) is 2.88. The molecule has 0 aliphatic rings. The Morgan fingerprint density at radius 1 is 1.16 bits per heavy atom. The molecule has 0 aliphatic heterocycles. The molecule has 1 heterocycles. The SMILES string of the molecule is CC(C)(C)c1ccc(NC(=O)c2ccoc2Cl)cc1.